The Hall–Kier alpha value is -3.61. The van der Waals surface area contributed by atoms with E-state index in [-0.39, 0.29) is 12.3 Å². The first-order valence-corrected chi connectivity index (χ1v) is 9.79. The van der Waals surface area contributed by atoms with E-state index in [1.165, 1.54) is 12.1 Å². The predicted molar refractivity (Wildman–Crippen MR) is 112 cm³/mol. The molecule has 1 amide bonds. The second-order valence-corrected chi connectivity index (χ2v) is 7.33. The van der Waals surface area contributed by atoms with E-state index in [2.05, 4.69) is 14.9 Å². The molecule has 31 heavy (non-hydrogen) atoms. The molecule has 1 aromatic heterocycles. The molecule has 0 spiro atoms. The van der Waals surface area contributed by atoms with Crippen LogP contribution in [-0.4, -0.2) is 15.5 Å². The van der Waals surface area contributed by atoms with Crippen molar-refractivity contribution >= 4 is 16.9 Å². The van der Waals surface area contributed by atoms with Gasteiger partial charge in [0.1, 0.15) is 0 Å². The van der Waals surface area contributed by atoms with Gasteiger partial charge in [-0.05, 0) is 41.0 Å². The molecule has 4 nitrogen and oxygen atoms in total. The molecule has 0 radical (unpaired) electrons. The number of hydrogen-bond acceptors (Lipinski definition) is 2. The van der Waals surface area contributed by atoms with Crippen LogP contribution in [0.5, 0.6) is 0 Å². The first-order valence-electron chi connectivity index (χ1n) is 9.79. The summed E-state index contributed by atoms with van der Waals surface area (Å²) in [7, 11) is 0. The summed E-state index contributed by atoms with van der Waals surface area (Å²) in [5, 5.41) is 2.83. The lowest BCUT2D eigenvalue weighted by atomic mass is 10.1. The number of alkyl halides is 3. The summed E-state index contributed by atoms with van der Waals surface area (Å²) in [6.45, 7) is 1.01. The molecule has 4 aromatic rings. The normalized spacial score (nSPS) is 11.6. The molecule has 4 rings (SSSR count). The minimum Gasteiger partial charge on any atom is -0.352 e. The molecule has 0 aliphatic heterocycles. The maximum atomic E-state index is 12.6. The van der Waals surface area contributed by atoms with Crippen LogP contribution in [-0.2, 0) is 30.5 Å². The highest BCUT2D eigenvalue weighted by atomic mass is 19.4. The Kier molecular flexibility index (Phi) is 5.75. The molecular formula is C24H20F3N3O. The van der Waals surface area contributed by atoms with Crippen LogP contribution in [0.3, 0.4) is 0 Å². The Balaban J connectivity index is 1.35. The zero-order chi connectivity index (χ0) is 21.8. The Morgan fingerprint density at radius 2 is 1.65 bits per heavy atom. The summed E-state index contributed by atoms with van der Waals surface area (Å²) in [4.78, 5) is 16.6. The molecule has 0 saturated carbocycles. The van der Waals surface area contributed by atoms with Gasteiger partial charge in [0, 0.05) is 13.1 Å². The fraction of sp³-hybridized carbons (Fsp3) is 0.167. The number of rotatable bonds is 6. The van der Waals surface area contributed by atoms with Crippen molar-refractivity contribution < 1.29 is 18.0 Å². The monoisotopic (exact) mass is 423 g/mol. The molecule has 0 fully saturated rings. The average Bonchev–Trinajstić information content (AvgIpc) is 3.15. The summed E-state index contributed by atoms with van der Waals surface area (Å²) in [6, 6.07) is 20.5. The number of benzene rings is 3. The van der Waals surface area contributed by atoms with Crippen molar-refractivity contribution in [1.82, 2.24) is 14.9 Å². The van der Waals surface area contributed by atoms with Gasteiger partial charge in [-0.15, -0.1) is 0 Å². The van der Waals surface area contributed by atoms with Crippen molar-refractivity contribution in [3.05, 3.63) is 101 Å². The first kappa shape index (κ1) is 20.7. The van der Waals surface area contributed by atoms with E-state index in [1.54, 1.807) is 0 Å². The van der Waals surface area contributed by atoms with Gasteiger partial charge in [-0.3, -0.25) is 4.79 Å². The van der Waals surface area contributed by atoms with Gasteiger partial charge < -0.3 is 9.88 Å². The van der Waals surface area contributed by atoms with Crippen molar-refractivity contribution in [1.29, 1.82) is 0 Å². The summed E-state index contributed by atoms with van der Waals surface area (Å²) in [5.41, 5.74) is 3.83. The predicted octanol–water partition coefficient (Wildman–Crippen LogP) is 4.96. The van der Waals surface area contributed by atoms with Gasteiger partial charge in [0.25, 0.3) is 0 Å². The smallest absolute Gasteiger partial charge is 0.352 e. The van der Waals surface area contributed by atoms with Gasteiger partial charge in [-0.25, -0.2) is 4.98 Å². The van der Waals surface area contributed by atoms with Gasteiger partial charge >= 0.3 is 6.18 Å². The van der Waals surface area contributed by atoms with Crippen molar-refractivity contribution in [2.24, 2.45) is 0 Å². The lowest BCUT2D eigenvalue weighted by molar-refractivity contribution is -0.137. The van der Waals surface area contributed by atoms with E-state index in [4.69, 9.17) is 0 Å². The van der Waals surface area contributed by atoms with Crippen molar-refractivity contribution in [3.63, 3.8) is 0 Å². The first-order chi connectivity index (χ1) is 14.9. The summed E-state index contributed by atoms with van der Waals surface area (Å²) in [6.07, 6.45) is -2.54. The van der Waals surface area contributed by atoms with Crippen LogP contribution in [0.1, 0.15) is 22.3 Å². The number of nitrogens with one attached hydrogen (secondary N) is 1. The van der Waals surface area contributed by atoms with E-state index in [9.17, 15) is 18.0 Å². The molecule has 0 saturated heterocycles. The molecule has 3 aromatic carbocycles. The minimum absolute atomic E-state index is 0.0266. The zero-order valence-corrected chi connectivity index (χ0v) is 16.6. The summed E-state index contributed by atoms with van der Waals surface area (Å²) >= 11 is 0. The molecular weight excluding hydrogens is 403 g/mol. The van der Waals surface area contributed by atoms with Gasteiger partial charge in [0.05, 0.1) is 29.3 Å². The lowest BCUT2D eigenvalue weighted by Crippen LogP contribution is -2.24. The Bertz CT molecular complexity index is 1200. The fourth-order valence-corrected chi connectivity index (χ4v) is 3.43. The number of hydrogen-bond donors (Lipinski definition) is 1. The van der Waals surface area contributed by atoms with Crippen molar-refractivity contribution in [2.45, 2.75) is 25.7 Å². The second kappa shape index (κ2) is 8.63. The molecule has 0 aliphatic rings. The standard InChI is InChI=1S/C24H20F3N3O/c25-24(26,27)20-10-8-17(9-11-20)13-23(31)28-14-18-4-3-5-19(12-18)15-30-16-29-21-6-1-2-7-22(21)30/h1-12,16H,13-15H2,(H,28,31). The van der Waals surface area contributed by atoms with Crippen LogP contribution in [0, 0.1) is 0 Å². The number of fused-ring (bicyclic) bond motifs is 1. The highest BCUT2D eigenvalue weighted by Crippen LogP contribution is 2.29. The molecule has 0 unspecified atom stereocenters. The number of para-hydroxylation sites is 2. The van der Waals surface area contributed by atoms with Gasteiger partial charge in [-0.2, -0.15) is 13.2 Å². The van der Waals surface area contributed by atoms with Crippen LogP contribution in [0.2, 0.25) is 0 Å². The number of halogens is 3. The average molecular weight is 423 g/mol. The van der Waals surface area contributed by atoms with Crippen molar-refractivity contribution in [3.8, 4) is 0 Å². The Labute approximate surface area is 177 Å². The third kappa shape index (κ3) is 5.12. The molecule has 0 bridgehead atoms. The number of amides is 1. The topological polar surface area (TPSA) is 46.9 Å². The fourth-order valence-electron chi connectivity index (χ4n) is 3.43. The SMILES string of the molecule is O=C(Cc1ccc(C(F)(F)F)cc1)NCc1cccc(Cn2cnc3ccccc32)c1. The Morgan fingerprint density at radius 1 is 0.903 bits per heavy atom. The molecule has 158 valence electrons. The molecule has 1 heterocycles. The zero-order valence-electron chi connectivity index (χ0n) is 16.6. The highest BCUT2D eigenvalue weighted by molar-refractivity contribution is 5.78. The number of carbonyl (C=O) groups excluding carboxylic acids is 1. The van der Waals surface area contributed by atoms with E-state index in [0.29, 0.717) is 18.7 Å². The van der Waals surface area contributed by atoms with Gasteiger partial charge in [0.15, 0.2) is 0 Å². The van der Waals surface area contributed by atoms with Crippen LogP contribution < -0.4 is 5.32 Å². The quantitative estimate of drug-likeness (QED) is 0.476. The molecule has 1 N–H and O–H groups in total. The van der Waals surface area contributed by atoms with Crippen LogP contribution in [0.15, 0.2) is 79.1 Å². The van der Waals surface area contributed by atoms with E-state index in [0.717, 1.165) is 34.3 Å². The maximum absolute atomic E-state index is 12.6. The Morgan fingerprint density at radius 3 is 2.42 bits per heavy atom. The van der Waals surface area contributed by atoms with Crippen LogP contribution in [0.25, 0.3) is 11.0 Å². The lowest BCUT2D eigenvalue weighted by Gasteiger charge is -2.10. The van der Waals surface area contributed by atoms with E-state index < -0.39 is 11.7 Å². The maximum Gasteiger partial charge on any atom is 0.416 e. The number of imidazole rings is 1. The number of carbonyl (C=O) groups is 1. The van der Waals surface area contributed by atoms with Crippen LogP contribution in [0.4, 0.5) is 13.2 Å². The van der Waals surface area contributed by atoms with Crippen LogP contribution >= 0.6 is 0 Å². The number of nitrogens with zero attached hydrogens (tertiary/aromatic N) is 2. The number of aromatic nitrogens is 2. The third-order valence-corrected chi connectivity index (χ3v) is 5.01. The van der Waals surface area contributed by atoms with E-state index in [1.807, 2.05) is 54.9 Å². The summed E-state index contributed by atoms with van der Waals surface area (Å²) in [5.74, 6) is -0.245. The highest BCUT2D eigenvalue weighted by Gasteiger charge is 2.29. The molecule has 0 aliphatic carbocycles. The second-order valence-electron chi connectivity index (χ2n) is 7.33. The molecule has 7 heteroatoms. The van der Waals surface area contributed by atoms with Gasteiger partial charge in [-0.1, -0.05) is 48.5 Å². The summed E-state index contributed by atoms with van der Waals surface area (Å²) < 4.78 is 40.0. The largest absolute Gasteiger partial charge is 0.416 e. The third-order valence-electron chi connectivity index (χ3n) is 5.01. The molecule has 0 atom stereocenters. The van der Waals surface area contributed by atoms with Crippen molar-refractivity contribution in [2.75, 3.05) is 0 Å². The minimum atomic E-state index is -4.38. The van der Waals surface area contributed by atoms with E-state index >= 15 is 0 Å². The van der Waals surface area contributed by atoms with Gasteiger partial charge in [0.2, 0.25) is 5.91 Å².